The van der Waals surface area contributed by atoms with E-state index < -0.39 is 32.5 Å². The third kappa shape index (κ3) is 4.43. The summed E-state index contributed by atoms with van der Waals surface area (Å²) in [5.41, 5.74) is 0.0447. The van der Waals surface area contributed by atoms with Crippen LogP contribution in [0, 0.1) is 18.7 Å². The van der Waals surface area contributed by atoms with E-state index in [0.29, 0.717) is 32.4 Å². The number of ether oxygens (including phenoxy) is 1. The predicted octanol–water partition coefficient (Wildman–Crippen LogP) is 3.19. The second-order valence-electron chi connectivity index (χ2n) is 8.52. The minimum absolute atomic E-state index is 0.108. The van der Waals surface area contributed by atoms with Crippen LogP contribution in [0.3, 0.4) is 0 Å². The Kier molecular flexibility index (Phi) is 7.23. The van der Waals surface area contributed by atoms with Crippen LogP contribution in [0.25, 0.3) is 0 Å². The molecule has 186 valence electrons. The molecule has 0 aliphatic carbocycles. The van der Waals surface area contributed by atoms with Crippen molar-refractivity contribution in [3.8, 4) is 5.75 Å². The maximum absolute atomic E-state index is 15.5. The first-order chi connectivity index (χ1) is 16.8. The second kappa shape index (κ2) is 10.2. The number of methoxy groups -OCH3 is 1. The Bertz CT molecular complexity index is 1300. The van der Waals surface area contributed by atoms with Gasteiger partial charge in [0, 0.05) is 23.9 Å². The summed E-state index contributed by atoms with van der Waals surface area (Å²) in [4.78, 5) is 15.7. The van der Waals surface area contributed by atoms with E-state index in [2.05, 4.69) is 15.6 Å². The molecule has 1 aliphatic heterocycles. The molecular weight excluding hydrogens is 471 g/mol. The van der Waals surface area contributed by atoms with Crippen LogP contribution in [0.5, 0.6) is 5.75 Å². The molecule has 1 aromatic heterocycles. The van der Waals surface area contributed by atoms with Crippen LogP contribution in [0.15, 0.2) is 60.9 Å². The van der Waals surface area contributed by atoms with Crippen molar-refractivity contribution >= 4 is 15.9 Å². The third-order valence-electron chi connectivity index (χ3n) is 6.52. The molecule has 2 unspecified atom stereocenters. The van der Waals surface area contributed by atoms with Gasteiger partial charge in [0.05, 0.1) is 12.7 Å². The molecule has 2 N–H and O–H groups in total. The predicted molar refractivity (Wildman–Crippen MR) is 130 cm³/mol. The lowest BCUT2D eigenvalue weighted by atomic mass is 9.86. The lowest BCUT2D eigenvalue weighted by Crippen LogP contribution is -2.59. The molecule has 1 saturated heterocycles. The molecule has 3 aromatic rings. The van der Waals surface area contributed by atoms with Crippen molar-refractivity contribution in [3.05, 3.63) is 83.7 Å². The van der Waals surface area contributed by atoms with Crippen LogP contribution in [0.1, 0.15) is 41.0 Å². The summed E-state index contributed by atoms with van der Waals surface area (Å²) in [6.45, 7) is 2.79. The van der Waals surface area contributed by atoms with Crippen LogP contribution in [0.4, 0.5) is 4.39 Å². The summed E-state index contributed by atoms with van der Waals surface area (Å²) in [5.74, 6) is -1.52. The van der Waals surface area contributed by atoms with Gasteiger partial charge in [-0.05, 0) is 57.5 Å². The number of benzene rings is 2. The van der Waals surface area contributed by atoms with Gasteiger partial charge in [-0.15, -0.1) is 0 Å². The Morgan fingerprint density at radius 1 is 1.17 bits per heavy atom. The molecule has 2 heterocycles. The lowest BCUT2D eigenvalue weighted by molar-refractivity contribution is 0.0891. The molecule has 0 bridgehead atoms. The lowest BCUT2D eigenvalue weighted by Gasteiger charge is -2.41. The van der Waals surface area contributed by atoms with Crippen LogP contribution in [0.2, 0.25) is 0 Å². The number of hydrogen-bond donors (Lipinski definition) is 2. The quantitative estimate of drug-likeness (QED) is 0.517. The number of rotatable bonds is 7. The molecule has 4 rings (SSSR count). The summed E-state index contributed by atoms with van der Waals surface area (Å²) in [5, 5.41) is 6.08. The summed E-state index contributed by atoms with van der Waals surface area (Å²) in [7, 11) is -3.02. The Morgan fingerprint density at radius 3 is 2.63 bits per heavy atom. The maximum atomic E-state index is 15.5. The molecule has 0 saturated carbocycles. The van der Waals surface area contributed by atoms with Crippen molar-refractivity contribution in [1.29, 1.82) is 0 Å². The number of carbonyl (C=O) groups is 1. The van der Waals surface area contributed by atoms with E-state index in [-0.39, 0.29) is 22.7 Å². The Hall–Kier alpha value is -3.24. The summed E-state index contributed by atoms with van der Waals surface area (Å²) >= 11 is 0. The van der Waals surface area contributed by atoms with Crippen LogP contribution < -0.4 is 15.4 Å². The number of aromatic nitrogens is 2. The molecule has 8 nitrogen and oxygen atoms in total. The number of halogens is 1. The van der Waals surface area contributed by atoms with E-state index in [1.165, 1.54) is 37.7 Å². The first-order valence-electron chi connectivity index (χ1n) is 11.5. The number of hydrogen-bond acceptors (Lipinski definition) is 6. The SMILES string of the molecule is COc1ccccc1C(=O)NC(c1ccccc1F)(C1CCCNCC1)S(=O)(=O)n1ccnc1C. The average molecular weight is 501 g/mol. The van der Waals surface area contributed by atoms with Gasteiger partial charge in [-0.2, -0.15) is 0 Å². The first-order valence-corrected chi connectivity index (χ1v) is 12.9. The van der Waals surface area contributed by atoms with Crippen molar-refractivity contribution in [2.75, 3.05) is 20.2 Å². The van der Waals surface area contributed by atoms with E-state index in [0.717, 1.165) is 3.97 Å². The van der Waals surface area contributed by atoms with Gasteiger partial charge in [-0.1, -0.05) is 30.3 Å². The van der Waals surface area contributed by atoms with Gasteiger partial charge in [0.2, 0.25) is 0 Å². The second-order valence-corrected chi connectivity index (χ2v) is 10.5. The fourth-order valence-electron chi connectivity index (χ4n) is 4.84. The highest BCUT2D eigenvalue weighted by Gasteiger charge is 2.55. The molecule has 1 amide bonds. The van der Waals surface area contributed by atoms with Crippen LogP contribution >= 0.6 is 0 Å². The number of aryl methyl sites for hydroxylation is 1. The van der Waals surface area contributed by atoms with E-state index in [9.17, 15) is 13.2 Å². The molecule has 0 radical (unpaired) electrons. The van der Waals surface area contributed by atoms with Crippen molar-refractivity contribution in [2.45, 2.75) is 31.1 Å². The number of carbonyl (C=O) groups excluding carboxylic acids is 1. The number of nitrogens with zero attached hydrogens (tertiary/aromatic N) is 2. The highest BCUT2D eigenvalue weighted by molar-refractivity contribution is 7.90. The summed E-state index contributed by atoms with van der Waals surface area (Å²) in [6, 6.07) is 12.2. The first kappa shape index (κ1) is 24.9. The zero-order valence-electron chi connectivity index (χ0n) is 19.7. The zero-order chi connectivity index (χ0) is 25.1. The summed E-state index contributed by atoms with van der Waals surface area (Å²) < 4.78 is 50.9. The average Bonchev–Trinajstić information content (AvgIpc) is 3.12. The summed E-state index contributed by atoms with van der Waals surface area (Å²) in [6.07, 6.45) is 4.23. The third-order valence-corrected chi connectivity index (χ3v) is 8.90. The van der Waals surface area contributed by atoms with Crippen molar-refractivity contribution < 1.29 is 22.3 Å². The van der Waals surface area contributed by atoms with Gasteiger partial charge in [0.1, 0.15) is 17.4 Å². The number of imidazole rings is 1. The highest BCUT2D eigenvalue weighted by Crippen LogP contribution is 2.43. The fourth-order valence-corrected chi connectivity index (χ4v) is 7.08. The largest absolute Gasteiger partial charge is 0.496 e. The molecule has 35 heavy (non-hydrogen) atoms. The minimum atomic E-state index is -4.45. The zero-order valence-corrected chi connectivity index (χ0v) is 20.5. The number of amides is 1. The van der Waals surface area contributed by atoms with E-state index in [1.54, 1.807) is 37.3 Å². The maximum Gasteiger partial charge on any atom is 0.268 e. The standard InChI is InChI=1S/C25H29FN4O4S/c1-18-28-16-17-30(18)35(32,33)25(19-8-7-14-27-15-13-19,21-10-4-5-11-22(21)26)29-24(31)20-9-3-6-12-23(20)34-2/h3-6,9-12,16-17,19,27H,7-8,13-15H2,1-2H3,(H,29,31). The van der Waals surface area contributed by atoms with Crippen molar-refractivity contribution in [2.24, 2.45) is 5.92 Å². The Labute approximate surface area is 204 Å². The van der Waals surface area contributed by atoms with E-state index in [1.807, 2.05) is 0 Å². The minimum Gasteiger partial charge on any atom is -0.496 e. The van der Waals surface area contributed by atoms with Crippen molar-refractivity contribution in [1.82, 2.24) is 19.6 Å². The van der Waals surface area contributed by atoms with Gasteiger partial charge < -0.3 is 15.4 Å². The molecule has 2 atom stereocenters. The molecule has 0 spiro atoms. The fraction of sp³-hybridized carbons (Fsp3) is 0.360. The Morgan fingerprint density at radius 2 is 1.91 bits per heavy atom. The monoisotopic (exact) mass is 500 g/mol. The van der Waals surface area contributed by atoms with Crippen LogP contribution in [-0.4, -0.2) is 43.5 Å². The van der Waals surface area contributed by atoms with Gasteiger partial charge in [-0.25, -0.2) is 21.8 Å². The number of para-hydroxylation sites is 1. The van der Waals surface area contributed by atoms with Gasteiger partial charge in [-0.3, -0.25) is 4.79 Å². The topological polar surface area (TPSA) is 102 Å². The molecule has 2 aromatic carbocycles. The Balaban J connectivity index is 2.01. The van der Waals surface area contributed by atoms with Crippen LogP contribution in [-0.2, 0) is 14.9 Å². The molecular formula is C25H29FN4O4S. The normalized spacial score (nSPS) is 18.3. The highest BCUT2D eigenvalue weighted by atomic mass is 32.2. The van der Waals surface area contributed by atoms with E-state index in [4.69, 9.17) is 4.74 Å². The molecule has 1 aliphatic rings. The number of nitrogens with one attached hydrogen (secondary N) is 2. The molecule has 10 heteroatoms. The van der Waals surface area contributed by atoms with Gasteiger partial charge in [0.15, 0.2) is 4.87 Å². The smallest absolute Gasteiger partial charge is 0.268 e. The van der Waals surface area contributed by atoms with E-state index >= 15 is 4.39 Å². The van der Waals surface area contributed by atoms with Gasteiger partial charge in [0.25, 0.3) is 15.9 Å². The van der Waals surface area contributed by atoms with Crippen molar-refractivity contribution in [3.63, 3.8) is 0 Å². The molecule has 1 fully saturated rings. The van der Waals surface area contributed by atoms with Gasteiger partial charge >= 0.3 is 0 Å².